The number of fused-ring (bicyclic) bond motifs is 1. The van der Waals surface area contributed by atoms with Gasteiger partial charge in [-0.3, -0.25) is 0 Å². The zero-order chi connectivity index (χ0) is 16.8. The highest BCUT2D eigenvalue weighted by Gasteiger charge is 2.56. The molecule has 132 valence electrons. The number of ether oxygens (including phenoxy) is 4. The Morgan fingerprint density at radius 1 is 1.04 bits per heavy atom. The lowest BCUT2D eigenvalue weighted by Crippen LogP contribution is -2.52. The summed E-state index contributed by atoms with van der Waals surface area (Å²) in [6.07, 6.45) is 4.15. The second kappa shape index (κ2) is 5.90. The third-order valence-corrected chi connectivity index (χ3v) is 6.31. The summed E-state index contributed by atoms with van der Waals surface area (Å²) >= 11 is 0. The Morgan fingerprint density at radius 3 is 2.50 bits per heavy atom. The van der Waals surface area contributed by atoms with Gasteiger partial charge in [0, 0.05) is 24.3 Å². The maximum atomic E-state index is 6.01. The van der Waals surface area contributed by atoms with Crippen molar-refractivity contribution in [2.75, 3.05) is 41.0 Å². The van der Waals surface area contributed by atoms with Gasteiger partial charge in [-0.1, -0.05) is 6.07 Å². The first-order valence-electron chi connectivity index (χ1n) is 8.83. The van der Waals surface area contributed by atoms with Crippen molar-refractivity contribution in [1.29, 1.82) is 0 Å². The molecule has 0 unspecified atom stereocenters. The van der Waals surface area contributed by atoms with E-state index in [4.69, 9.17) is 18.9 Å². The third-order valence-electron chi connectivity index (χ3n) is 6.31. The second-order valence-electron chi connectivity index (χ2n) is 7.28. The number of nitrogens with zero attached hydrogens (tertiary/aromatic N) is 1. The predicted molar refractivity (Wildman–Crippen MR) is 90.7 cm³/mol. The fourth-order valence-electron chi connectivity index (χ4n) is 4.96. The Kier molecular flexibility index (Phi) is 3.98. The van der Waals surface area contributed by atoms with Crippen LogP contribution in [-0.2, 0) is 14.9 Å². The quantitative estimate of drug-likeness (QED) is 0.850. The van der Waals surface area contributed by atoms with Crippen molar-refractivity contribution in [1.82, 2.24) is 4.90 Å². The lowest BCUT2D eigenvalue weighted by molar-refractivity contribution is -0.194. The van der Waals surface area contributed by atoms with Crippen LogP contribution in [0, 0.1) is 0 Å². The average molecular weight is 333 g/mol. The second-order valence-corrected chi connectivity index (χ2v) is 7.28. The normalized spacial score (nSPS) is 32.0. The van der Waals surface area contributed by atoms with E-state index < -0.39 is 0 Å². The topological polar surface area (TPSA) is 40.2 Å². The standard InChI is InChI=1S/C19H27NO4/c1-20-9-8-18(14-4-5-15(21-2)16(12-14)22-3)6-7-19(13-17(18)20)23-10-11-24-19/h4-5,12,17H,6-11,13H2,1-3H3/t17-,18-/m1/s1. The van der Waals surface area contributed by atoms with Crippen LogP contribution in [0.4, 0.5) is 0 Å². The summed E-state index contributed by atoms with van der Waals surface area (Å²) in [5.41, 5.74) is 1.50. The maximum Gasteiger partial charge on any atom is 0.170 e. The number of likely N-dealkylation sites (N-methyl/N-ethyl adjacent to an activating group) is 1. The fourth-order valence-corrected chi connectivity index (χ4v) is 4.96. The molecular weight excluding hydrogens is 306 g/mol. The lowest BCUT2D eigenvalue weighted by atomic mass is 9.64. The SMILES string of the molecule is COc1ccc([C@@]23CCN(C)[C@@H]2CC2(CC3)OCCO2)cc1OC. The van der Waals surface area contributed by atoms with Crippen molar-refractivity contribution >= 4 is 0 Å². The van der Waals surface area contributed by atoms with Crippen LogP contribution < -0.4 is 9.47 Å². The van der Waals surface area contributed by atoms with E-state index in [2.05, 4.69) is 24.1 Å². The van der Waals surface area contributed by atoms with Gasteiger partial charge in [-0.05, 0) is 44.1 Å². The van der Waals surface area contributed by atoms with E-state index in [-0.39, 0.29) is 11.2 Å². The molecule has 2 heterocycles. The van der Waals surface area contributed by atoms with Crippen molar-refractivity contribution in [3.05, 3.63) is 23.8 Å². The number of methoxy groups -OCH3 is 2. The molecule has 1 aromatic rings. The zero-order valence-electron chi connectivity index (χ0n) is 14.8. The van der Waals surface area contributed by atoms with Crippen LogP contribution in [0.2, 0.25) is 0 Å². The number of rotatable bonds is 3. The molecule has 2 saturated heterocycles. The van der Waals surface area contributed by atoms with Gasteiger partial charge >= 0.3 is 0 Å². The highest BCUT2D eigenvalue weighted by Crippen LogP contribution is 2.53. The van der Waals surface area contributed by atoms with Crippen molar-refractivity contribution < 1.29 is 18.9 Å². The largest absolute Gasteiger partial charge is 0.493 e. The first kappa shape index (κ1) is 16.2. The van der Waals surface area contributed by atoms with E-state index in [1.807, 2.05) is 6.07 Å². The summed E-state index contributed by atoms with van der Waals surface area (Å²) in [7, 11) is 5.61. The molecule has 0 bridgehead atoms. The molecule has 2 aliphatic heterocycles. The number of hydrogen-bond acceptors (Lipinski definition) is 5. The van der Waals surface area contributed by atoms with Gasteiger partial charge in [-0.25, -0.2) is 0 Å². The molecule has 0 aromatic heterocycles. The van der Waals surface area contributed by atoms with E-state index in [1.54, 1.807) is 14.2 Å². The summed E-state index contributed by atoms with van der Waals surface area (Å²) < 4.78 is 23.0. The van der Waals surface area contributed by atoms with E-state index in [1.165, 1.54) is 12.0 Å². The molecule has 1 aromatic carbocycles. The predicted octanol–water partition coefficient (Wildman–Crippen LogP) is 2.57. The maximum absolute atomic E-state index is 6.01. The molecule has 0 amide bonds. The van der Waals surface area contributed by atoms with E-state index >= 15 is 0 Å². The van der Waals surface area contributed by atoms with Crippen LogP contribution in [-0.4, -0.2) is 57.8 Å². The fraction of sp³-hybridized carbons (Fsp3) is 0.684. The minimum Gasteiger partial charge on any atom is -0.493 e. The Balaban J connectivity index is 1.70. The van der Waals surface area contributed by atoms with Crippen molar-refractivity contribution in [2.24, 2.45) is 0 Å². The van der Waals surface area contributed by atoms with Gasteiger partial charge in [-0.2, -0.15) is 0 Å². The highest BCUT2D eigenvalue weighted by atomic mass is 16.7. The smallest absolute Gasteiger partial charge is 0.170 e. The van der Waals surface area contributed by atoms with Crippen molar-refractivity contribution in [3.63, 3.8) is 0 Å². The summed E-state index contributed by atoms with van der Waals surface area (Å²) in [4.78, 5) is 2.47. The molecule has 5 nitrogen and oxygen atoms in total. The number of benzene rings is 1. The summed E-state index contributed by atoms with van der Waals surface area (Å²) in [6.45, 7) is 2.55. The van der Waals surface area contributed by atoms with Crippen LogP contribution >= 0.6 is 0 Å². The molecule has 1 saturated carbocycles. The molecule has 0 radical (unpaired) electrons. The molecular formula is C19H27NO4. The lowest BCUT2D eigenvalue weighted by Gasteiger charge is -2.47. The van der Waals surface area contributed by atoms with Crippen LogP contribution in [0.25, 0.3) is 0 Å². The van der Waals surface area contributed by atoms with Gasteiger partial charge in [0.1, 0.15) is 0 Å². The molecule has 0 N–H and O–H groups in total. The Morgan fingerprint density at radius 2 is 1.79 bits per heavy atom. The van der Waals surface area contributed by atoms with Crippen LogP contribution in [0.15, 0.2) is 18.2 Å². The first-order valence-corrected chi connectivity index (χ1v) is 8.83. The molecule has 1 aliphatic carbocycles. The molecule has 1 spiro atoms. The van der Waals surface area contributed by atoms with Gasteiger partial charge in [0.2, 0.25) is 0 Å². The third kappa shape index (κ3) is 2.33. The molecule has 5 heteroatoms. The highest BCUT2D eigenvalue weighted by molar-refractivity contribution is 5.46. The Labute approximate surface area is 143 Å². The number of likely N-dealkylation sites (tertiary alicyclic amines) is 1. The summed E-state index contributed by atoms with van der Waals surface area (Å²) in [5.74, 6) is 1.24. The van der Waals surface area contributed by atoms with Gasteiger partial charge in [0.15, 0.2) is 17.3 Å². The van der Waals surface area contributed by atoms with Crippen LogP contribution in [0.1, 0.15) is 31.2 Å². The van der Waals surface area contributed by atoms with Gasteiger partial charge in [0.25, 0.3) is 0 Å². The molecule has 4 rings (SSSR count). The van der Waals surface area contributed by atoms with E-state index in [9.17, 15) is 0 Å². The van der Waals surface area contributed by atoms with Gasteiger partial charge in [0.05, 0.1) is 27.4 Å². The van der Waals surface area contributed by atoms with Crippen LogP contribution in [0.3, 0.4) is 0 Å². The molecule has 24 heavy (non-hydrogen) atoms. The molecule has 2 atom stereocenters. The number of hydrogen-bond donors (Lipinski definition) is 0. The van der Waals surface area contributed by atoms with Gasteiger partial charge in [-0.15, -0.1) is 0 Å². The molecule has 3 aliphatic rings. The van der Waals surface area contributed by atoms with E-state index in [0.29, 0.717) is 6.04 Å². The average Bonchev–Trinajstić information content (AvgIpc) is 3.21. The molecule has 3 fully saturated rings. The van der Waals surface area contributed by atoms with E-state index in [0.717, 1.165) is 50.5 Å². The minimum absolute atomic E-state index is 0.148. The van der Waals surface area contributed by atoms with Crippen molar-refractivity contribution in [3.8, 4) is 11.5 Å². The monoisotopic (exact) mass is 333 g/mol. The summed E-state index contributed by atoms with van der Waals surface area (Å²) in [5, 5.41) is 0. The minimum atomic E-state index is -0.358. The van der Waals surface area contributed by atoms with Gasteiger partial charge < -0.3 is 23.8 Å². The van der Waals surface area contributed by atoms with Crippen molar-refractivity contribution in [2.45, 2.75) is 42.9 Å². The Hall–Kier alpha value is -1.30. The first-order chi connectivity index (χ1) is 11.6. The Bertz CT molecular complexity index is 613. The zero-order valence-corrected chi connectivity index (χ0v) is 14.8. The summed E-state index contributed by atoms with van der Waals surface area (Å²) in [6, 6.07) is 6.84. The van der Waals surface area contributed by atoms with Crippen LogP contribution in [0.5, 0.6) is 11.5 Å².